The normalized spacial score (nSPS) is 11.2. The summed E-state index contributed by atoms with van der Waals surface area (Å²) in [5.41, 5.74) is 6.19. The molecule has 0 fully saturated rings. The summed E-state index contributed by atoms with van der Waals surface area (Å²) in [4.78, 5) is 13.7. The Balaban J connectivity index is 0.00000361. The fourth-order valence-electron chi connectivity index (χ4n) is 1.77. The number of nitrogens with zero attached hydrogens (tertiary/aromatic N) is 1. The van der Waals surface area contributed by atoms with Crippen LogP contribution in [0.3, 0.4) is 0 Å². The number of benzene rings is 1. The van der Waals surface area contributed by atoms with Gasteiger partial charge in [-0.3, -0.25) is 9.69 Å². The Kier molecular flexibility index (Phi) is 7.84. The van der Waals surface area contributed by atoms with E-state index in [0.717, 1.165) is 0 Å². The highest BCUT2D eigenvalue weighted by Crippen LogP contribution is 2.24. The third kappa shape index (κ3) is 7.31. The maximum absolute atomic E-state index is 11.8. The molecule has 0 saturated heterocycles. The molecule has 0 aliphatic rings. The van der Waals surface area contributed by atoms with Crippen LogP contribution in [0.1, 0.15) is 13.8 Å². The van der Waals surface area contributed by atoms with Crippen molar-refractivity contribution in [2.24, 2.45) is 5.73 Å². The lowest BCUT2D eigenvalue weighted by molar-refractivity contribution is -0.117. The van der Waals surface area contributed by atoms with E-state index in [9.17, 15) is 4.79 Å². The van der Waals surface area contributed by atoms with Crippen LogP contribution < -0.4 is 11.1 Å². The lowest BCUT2D eigenvalue weighted by atomic mass is 10.1. The number of carbonyl (C=O) groups is 1. The second kappa shape index (κ2) is 8.05. The van der Waals surface area contributed by atoms with Gasteiger partial charge in [0.25, 0.3) is 0 Å². The van der Waals surface area contributed by atoms with Crippen molar-refractivity contribution in [3.63, 3.8) is 0 Å². The Hall–Kier alpha value is -0.520. The van der Waals surface area contributed by atoms with Gasteiger partial charge in [0.05, 0.1) is 16.6 Å². The number of hydrogen-bond acceptors (Lipinski definition) is 3. The van der Waals surface area contributed by atoms with Crippen LogP contribution in [0.2, 0.25) is 10.0 Å². The minimum absolute atomic E-state index is 0. The van der Waals surface area contributed by atoms with Crippen LogP contribution in [0.4, 0.5) is 5.69 Å². The third-order valence-electron chi connectivity index (χ3n) is 2.29. The van der Waals surface area contributed by atoms with E-state index in [4.69, 9.17) is 28.9 Å². The number of rotatable bonds is 5. The largest absolute Gasteiger partial charge is 0.325 e. The van der Waals surface area contributed by atoms with Gasteiger partial charge in [-0.2, -0.15) is 0 Å². The predicted octanol–water partition coefficient (Wildman–Crippen LogP) is 3.02. The number of halogens is 3. The highest BCUT2D eigenvalue weighted by atomic mass is 35.5. The summed E-state index contributed by atoms with van der Waals surface area (Å²) in [6.07, 6.45) is 0. The van der Waals surface area contributed by atoms with Gasteiger partial charge in [-0.15, -0.1) is 12.4 Å². The van der Waals surface area contributed by atoms with Gasteiger partial charge in [-0.25, -0.2) is 0 Å². The average Bonchev–Trinajstić information content (AvgIpc) is 2.20. The van der Waals surface area contributed by atoms with E-state index in [-0.39, 0.29) is 30.4 Å². The molecule has 0 saturated carbocycles. The third-order valence-corrected chi connectivity index (χ3v) is 3.03. The van der Waals surface area contributed by atoms with Gasteiger partial charge < -0.3 is 11.1 Å². The Morgan fingerprint density at radius 2 is 1.95 bits per heavy atom. The zero-order chi connectivity index (χ0) is 14.6. The fraction of sp³-hybridized carbons (Fsp3) is 0.462. The Labute approximate surface area is 136 Å². The van der Waals surface area contributed by atoms with Crippen molar-refractivity contribution in [1.29, 1.82) is 0 Å². The smallest absolute Gasteiger partial charge is 0.238 e. The molecule has 1 rings (SSSR count). The number of anilines is 1. The minimum atomic E-state index is -0.335. The molecular formula is C13H20Cl3N3O. The summed E-state index contributed by atoms with van der Waals surface area (Å²) in [5, 5.41) is 3.63. The van der Waals surface area contributed by atoms with Gasteiger partial charge in [0.1, 0.15) is 0 Å². The standard InChI is InChI=1S/C13H19Cl2N3O.ClH/c1-13(2,16)8-18(3)7-12(19)17-9-4-5-10(14)11(15)6-9;/h4-6H,7-8,16H2,1-3H3,(H,17,19);1H. The first kappa shape index (κ1) is 19.5. The van der Waals surface area contributed by atoms with Crippen LogP contribution in [0.15, 0.2) is 18.2 Å². The van der Waals surface area contributed by atoms with Crippen molar-refractivity contribution < 1.29 is 4.79 Å². The summed E-state index contributed by atoms with van der Waals surface area (Å²) in [6.45, 7) is 4.73. The summed E-state index contributed by atoms with van der Waals surface area (Å²) < 4.78 is 0. The van der Waals surface area contributed by atoms with Crippen LogP contribution in [0.25, 0.3) is 0 Å². The van der Waals surface area contributed by atoms with Crippen molar-refractivity contribution in [3.8, 4) is 0 Å². The molecule has 0 heterocycles. The summed E-state index contributed by atoms with van der Waals surface area (Å²) in [5.74, 6) is -0.120. The monoisotopic (exact) mass is 339 g/mol. The van der Waals surface area contributed by atoms with Gasteiger partial charge in [-0.1, -0.05) is 23.2 Å². The van der Waals surface area contributed by atoms with Crippen molar-refractivity contribution >= 4 is 47.2 Å². The molecule has 0 aliphatic heterocycles. The van der Waals surface area contributed by atoms with E-state index in [1.165, 1.54) is 0 Å². The fourth-order valence-corrected chi connectivity index (χ4v) is 2.07. The highest BCUT2D eigenvalue weighted by Gasteiger charge is 2.16. The molecule has 3 N–H and O–H groups in total. The molecule has 114 valence electrons. The second-order valence-electron chi connectivity index (χ2n) is 5.34. The average molecular weight is 341 g/mol. The molecule has 0 atom stereocenters. The molecule has 0 unspecified atom stereocenters. The summed E-state index contributed by atoms with van der Waals surface area (Å²) in [7, 11) is 1.85. The van der Waals surface area contributed by atoms with Gasteiger partial charge in [0, 0.05) is 17.8 Å². The molecule has 0 aliphatic carbocycles. The van der Waals surface area contributed by atoms with E-state index in [1.54, 1.807) is 18.2 Å². The van der Waals surface area contributed by atoms with Crippen LogP contribution in [0, 0.1) is 0 Å². The number of hydrogen-bond donors (Lipinski definition) is 2. The molecule has 4 nitrogen and oxygen atoms in total. The van der Waals surface area contributed by atoms with Gasteiger partial charge in [0.15, 0.2) is 0 Å². The molecule has 1 aromatic carbocycles. The lowest BCUT2D eigenvalue weighted by Gasteiger charge is -2.25. The zero-order valence-corrected chi connectivity index (χ0v) is 14.1. The number of likely N-dealkylation sites (N-methyl/N-ethyl adjacent to an activating group) is 1. The highest BCUT2D eigenvalue weighted by molar-refractivity contribution is 6.42. The maximum atomic E-state index is 11.8. The molecule has 0 aromatic heterocycles. The minimum Gasteiger partial charge on any atom is -0.325 e. The summed E-state index contributed by atoms with van der Waals surface area (Å²) >= 11 is 11.7. The van der Waals surface area contributed by atoms with E-state index in [1.807, 2.05) is 25.8 Å². The first-order chi connectivity index (χ1) is 8.67. The molecule has 1 amide bonds. The van der Waals surface area contributed by atoms with E-state index < -0.39 is 0 Å². The molecule has 0 radical (unpaired) electrons. The first-order valence-electron chi connectivity index (χ1n) is 5.90. The topological polar surface area (TPSA) is 58.4 Å². The van der Waals surface area contributed by atoms with Gasteiger partial charge in [0.2, 0.25) is 5.91 Å². The lowest BCUT2D eigenvalue weighted by Crippen LogP contribution is -2.45. The van der Waals surface area contributed by atoms with E-state index in [2.05, 4.69) is 5.32 Å². The molecule has 0 spiro atoms. The van der Waals surface area contributed by atoms with Crippen molar-refractivity contribution in [1.82, 2.24) is 4.90 Å². The molecule has 1 aromatic rings. The first-order valence-corrected chi connectivity index (χ1v) is 6.65. The van der Waals surface area contributed by atoms with Crippen LogP contribution >= 0.6 is 35.6 Å². The van der Waals surface area contributed by atoms with E-state index >= 15 is 0 Å². The number of carbonyl (C=O) groups excluding carboxylic acids is 1. The van der Waals surface area contributed by atoms with Crippen LogP contribution in [-0.4, -0.2) is 36.5 Å². The maximum Gasteiger partial charge on any atom is 0.238 e. The number of amides is 1. The van der Waals surface area contributed by atoms with Crippen LogP contribution in [-0.2, 0) is 4.79 Å². The van der Waals surface area contributed by atoms with Gasteiger partial charge >= 0.3 is 0 Å². The predicted molar refractivity (Wildman–Crippen MR) is 88.1 cm³/mol. The SMILES string of the molecule is CN(CC(=O)Nc1ccc(Cl)c(Cl)c1)CC(C)(C)N.Cl. The van der Waals surface area contributed by atoms with E-state index in [0.29, 0.717) is 22.3 Å². The van der Waals surface area contributed by atoms with Crippen molar-refractivity contribution in [2.45, 2.75) is 19.4 Å². The Bertz CT molecular complexity index is 461. The van der Waals surface area contributed by atoms with Crippen molar-refractivity contribution in [3.05, 3.63) is 28.2 Å². The quantitative estimate of drug-likeness (QED) is 0.866. The molecule has 7 heteroatoms. The molecule has 20 heavy (non-hydrogen) atoms. The molecular weight excluding hydrogens is 321 g/mol. The number of nitrogens with two attached hydrogens (primary N) is 1. The molecule has 0 bridgehead atoms. The van der Waals surface area contributed by atoms with Crippen LogP contribution in [0.5, 0.6) is 0 Å². The van der Waals surface area contributed by atoms with Gasteiger partial charge in [-0.05, 0) is 39.1 Å². The number of nitrogens with one attached hydrogen (secondary N) is 1. The van der Waals surface area contributed by atoms with Crippen molar-refractivity contribution in [2.75, 3.05) is 25.5 Å². The second-order valence-corrected chi connectivity index (χ2v) is 6.15. The summed E-state index contributed by atoms with van der Waals surface area (Å²) in [6, 6.07) is 4.97. The Morgan fingerprint density at radius 1 is 1.35 bits per heavy atom. The Morgan fingerprint density at radius 3 is 2.45 bits per heavy atom. The zero-order valence-electron chi connectivity index (χ0n) is 11.7.